The molecule has 2 rings (SSSR count). The SMILES string of the molecule is COc1c(C)cc(C(Br)Cc2ccc(Cl)cc2)cc1C. The van der Waals surface area contributed by atoms with Crippen LogP contribution in [-0.2, 0) is 6.42 Å². The first-order valence-corrected chi connectivity index (χ1v) is 7.84. The van der Waals surface area contributed by atoms with E-state index in [0.29, 0.717) is 0 Å². The number of hydrogen-bond donors (Lipinski definition) is 0. The molecule has 0 saturated heterocycles. The van der Waals surface area contributed by atoms with Crippen molar-refractivity contribution >= 4 is 27.5 Å². The molecular weight excluding hydrogens is 336 g/mol. The van der Waals surface area contributed by atoms with Gasteiger partial charge in [-0.05, 0) is 54.7 Å². The van der Waals surface area contributed by atoms with Crippen LogP contribution in [0.25, 0.3) is 0 Å². The average molecular weight is 354 g/mol. The molecule has 0 aliphatic carbocycles. The van der Waals surface area contributed by atoms with Gasteiger partial charge in [-0.1, -0.05) is 51.8 Å². The third-order valence-corrected chi connectivity index (χ3v) is 4.48. The van der Waals surface area contributed by atoms with Gasteiger partial charge in [-0.25, -0.2) is 0 Å². The molecule has 0 amide bonds. The lowest BCUT2D eigenvalue weighted by Gasteiger charge is -2.15. The van der Waals surface area contributed by atoms with Gasteiger partial charge in [-0.3, -0.25) is 0 Å². The predicted molar refractivity (Wildman–Crippen MR) is 89.3 cm³/mol. The monoisotopic (exact) mass is 352 g/mol. The number of ether oxygens (including phenoxy) is 1. The lowest BCUT2D eigenvalue weighted by Crippen LogP contribution is -1.99. The molecule has 0 radical (unpaired) electrons. The van der Waals surface area contributed by atoms with E-state index in [1.807, 2.05) is 12.1 Å². The van der Waals surface area contributed by atoms with E-state index in [1.165, 1.54) is 22.3 Å². The first kappa shape index (κ1) is 15.4. The lowest BCUT2D eigenvalue weighted by molar-refractivity contribution is 0.408. The van der Waals surface area contributed by atoms with Crippen molar-refractivity contribution in [2.45, 2.75) is 25.1 Å². The van der Waals surface area contributed by atoms with Crippen LogP contribution < -0.4 is 4.74 Å². The molecule has 0 aliphatic heterocycles. The second kappa shape index (κ2) is 6.64. The fraction of sp³-hybridized carbons (Fsp3) is 0.294. The minimum atomic E-state index is 0.284. The van der Waals surface area contributed by atoms with Crippen LogP contribution in [0.4, 0.5) is 0 Å². The molecule has 0 aromatic heterocycles. The highest BCUT2D eigenvalue weighted by atomic mass is 79.9. The summed E-state index contributed by atoms with van der Waals surface area (Å²) in [6.07, 6.45) is 0.933. The van der Waals surface area contributed by atoms with Crippen LogP contribution in [0.2, 0.25) is 5.02 Å². The van der Waals surface area contributed by atoms with Crippen molar-refractivity contribution in [1.82, 2.24) is 0 Å². The fourth-order valence-electron chi connectivity index (χ4n) is 2.43. The Hall–Kier alpha value is -0.990. The zero-order chi connectivity index (χ0) is 14.7. The van der Waals surface area contributed by atoms with Gasteiger partial charge >= 0.3 is 0 Å². The lowest BCUT2D eigenvalue weighted by atomic mass is 9.99. The first-order chi connectivity index (χ1) is 9.51. The third-order valence-electron chi connectivity index (χ3n) is 3.38. The molecule has 0 saturated carbocycles. The highest BCUT2D eigenvalue weighted by molar-refractivity contribution is 9.09. The summed E-state index contributed by atoms with van der Waals surface area (Å²) in [4.78, 5) is 0.284. The summed E-state index contributed by atoms with van der Waals surface area (Å²) in [5.41, 5.74) is 4.88. The molecule has 1 atom stereocenters. The van der Waals surface area contributed by atoms with E-state index in [9.17, 15) is 0 Å². The summed E-state index contributed by atoms with van der Waals surface area (Å²) in [6.45, 7) is 4.16. The summed E-state index contributed by atoms with van der Waals surface area (Å²) in [6, 6.07) is 12.4. The topological polar surface area (TPSA) is 9.23 Å². The second-order valence-electron chi connectivity index (χ2n) is 4.99. The van der Waals surface area contributed by atoms with Crippen molar-refractivity contribution in [2.75, 3.05) is 7.11 Å². The van der Waals surface area contributed by atoms with E-state index in [2.05, 4.69) is 54.0 Å². The Balaban J connectivity index is 2.21. The van der Waals surface area contributed by atoms with Crippen LogP contribution in [0.1, 0.15) is 27.1 Å². The number of aryl methyl sites for hydroxylation is 2. The van der Waals surface area contributed by atoms with Crippen molar-refractivity contribution in [2.24, 2.45) is 0 Å². The number of benzene rings is 2. The van der Waals surface area contributed by atoms with Crippen LogP contribution in [0, 0.1) is 13.8 Å². The summed E-state index contributed by atoms with van der Waals surface area (Å²) in [5.74, 6) is 0.972. The van der Waals surface area contributed by atoms with Crippen molar-refractivity contribution < 1.29 is 4.74 Å². The average Bonchev–Trinajstić information content (AvgIpc) is 2.41. The number of rotatable bonds is 4. The Morgan fingerprint density at radius 3 is 2.15 bits per heavy atom. The molecule has 106 valence electrons. The van der Waals surface area contributed by atoms with E-state index < -0.39 is 0 Å². The van der Waals surface area contributed by atoms with Crippen LogP contribution in [0.5, 0.6) is 5.75 Å². The highest BCUT2D eigenvalue weighted by Gasteiger charge is 2.12. The van der Waals surface area contributed by atoms with E-state index in [1.54, 1.807) is 7.11 Å². The Morgan fingerprint density at radius 2 is 1.65 bits per heavy atom. The van der Waals surface area contributed by atoms with Gasteiger partial charge in [0.1, 0.15) is 5.75 Å². The molecule has 3 heteroatoms. The minimum absolute atomic E-state index is 0.284. The minimum Gasteiger partial charge on any atom is -0.496 e. The van der Waals surface area contributed by atoms with Gasteiger partial charge in [-0.2, -0.15) is 0 Å². The van der Waals surface area contributed by atoms with Gasteiger partial charge in [0, 0.05) is 9.85 Å². The number of halogens is 2. The van der Waals surface area contributed by atoms with Gasteiger partial charge in [0.2, 0.25) is 0 Å². The second-order valence-corrected chi connectivity index (χ2v) is 6.53. The Kier molecular flexibility index (Phi) is 5.11. The van der Waals surface area contributed by atoms with E-state index in [-0.39, 0.29) is 4.83 Å². The van der Waals surface area contributed by atoms with Gasteiger partial charge < -0.3 is 4.74 Å². The van der Waals surface area contributed by atoms with Gasteiger partial charge in [-0.15, -0.1) is 0 Å². The molecule has 2 aromatic rings. The molecule has 2 aromatic carbocycles. The normalized spacial score (nSPS) is 12.2. The molecule has 0 N–H and O–H groups in total. The number of methoxy groups -OCH3 is 1. The summed E-state index contributed by atoms with van der Waals surface area (Å²) >= 11 is 9.70. The van der Waals surface area contributed by atoms with Crippen LogP contribution in [0.3, 0.4) is 0 Å². The maximum Gasteiger partial charge on any atom is 0.124 e. The fourth-order valence-corrected chi connectivity index (χ4v) is 3.20. The van der Waals surface area contributed by atoms with Gasteiger partial charge in [0.05, 0.1) is 7.11 Å². The van der Waals surface area contributed by atoms with Crippen molar-refractivity contribution in [3.63, 3.8) is 0 Å². The zero-order valence-corrected chi connectivity index (χ0v) is 14.3. The van der Waals surface area contributed by atoms with E-state index >= 15 is 0 Å². The smallest absolute Gasteiger partial charge is 0.124 e. The van der Waals surface area contributed by atoms with E-state index in [0.717, 1.165) is 17.2 Å². The van der Waals surface area contributed by atoms with E-state index in [4.69, 9.17) is 16.3 Å². The highest BCUT2D eigenvalue weighted by Crippen LogP contribution is 2.33. The van der Waals surface area contributed by atoms with Crippen LogP contribution >= 0.6 is 27.5 Å². The van der Waals surface area contributed by atoms with Crippen LogP contribution in [-0.4, -0.2) is 7.11 Å². The summed E-state index contributed by atoms with van der Waals surface area (Å²) in [7, 11) is 1.72. The van der Waals surface area contributed by atoms with Crippen molar-refractivity contribution in [3.8, 4) is 5.75 Å². The predicted octanol–water partition coefficient (Wildman–Crippen LogP) is 5.64. The molecule has 0 spiro atoms. The number of alkyl halides is 1. The molecule has 0 fully saturated rings. The first-order valence-electron chi connectivity index (χ1n) is 6.55. The third kappa shape index (κ3) is 3.56. The van der Waals surface area contributed by atoms with Crippen molar-refractivity contribution in [3.05, 3.63) is 63.7 Å². The van der Waals surface area contributed by atoms with Gasteiger partial charge in [0.15, 0.2) is 0 Å². The summed E-state index contributed by atoms with van der Waals surface area (Å²) in [5, 5.41) is 0.774. The Morgan fingerprint density at radius 1 is 1.10 bits per heavy atom. The molecule has 0 aliphatic rings. The standard InChI is InChI=1S/C17H18BrClO/c1-11-8-14(9-12(2)17(11)20-3)16(18)10-13-4-6-15(19)7-5-13/h4-9,16H,10H2,1-3H3. The van der Waals surface area contributed by atoms with Gasteiger partial charge in [0.25, 0.3) is 0 Å². The zero-order valence-electron chi connectivity index (χ0n) is 11.9. The number of hydrogen-bond acceptors (Lipinski definition) is 1. The largest absolute Gasteiger partial charge is 0.496 e. The quantitative estimate of drug-likeness (QED) is 0.646. The summed E-state index contributed by atoms with van der Waals surface area (Å²) < 4.78 is 5.41. The molecule has 0 heterocycles. The maximum atomic E-state index is 5.91. The molecule has 1 unspecified atom stereocenters. The molecular formula is C17H18BrClO. The molecule has 1 nitrogen and oxygen atoms in total. The maximum absolute atomic E-state index is 5.91. The Labute approximate surface area is 134 Å². The molecule has 20 heavy (non-hydrogen) atoms. The van der Waals surface area contributed by atoms with Crippen LogP contribution in [0.15, 0.2) is 36.4 Å². The Bertz CT molecular complexity index is 569. The molecule has 0 bridgehead atoms. The van der Waals surface area contributed by atoms with Crippen molar-refractivity contribution in [1.29, 1.82) is 0 Å².